The molecule has 7 nitrogen and oxygen atoms in total. The molecule has 23 heavy (non-hydrogen) atoms. The first kappa shape index (κ1) is 15.6. The Hall–Kier alpha value is -2.32. The lowest BCUT2D eigenvalue weighted by Crippen LogP contribution is -2.24. The van der Waals surface area contributed by atoms with Gasteiger partial charge in [0.05, 0.1) is 24.2 Å². The highest BCUT2D eigenvalue weighted by Crippen LogP contribution is 2.19. The Labute approximate surface area is 141 Å². The van der Waals surface area contributed by atoms with Crippen LogP contribution < -0.4 is 5.32 Å². The van der Waals surface area contributed by atoms with E-state index in [9.17, 15) is 4.79 Å². The van der Waals surface area contributed by atoms with Gasteiger partial charge in [0.2, 0.25) is 11.1 Å². The number of thioether (sulfide) groups is 1. The monoisotopic (exact) mass is 349 g/mol. The van der Waals surface area contributed by atoms with E-state index >= 15 is 0 Å². The van der Waals surface area contributed by atoms with Crippen LogP contribution in [-0.2, 0) is 11.3 Å². The summed E-state index contributed by atoms with van der Waals surface area (Å²) in [6.07, 6.45) is 1.57. The quantitative estimate of drug-likeness (QED) is 0.687. The zero-order valence-electron chi connectivity index (χ0n) is 11.8. The highest BCUT2D eigenvalue weighted by molar-refractivity contribution is 7.99. The molecule has 0 radical (unpaired) electrons. The van der Waals surface area contributed by atoms with E-state index in [1.807, 2.05) is 0 Å². The number of nitrogens with zero attached hydrogens (tertiary/aromatic N) is 4. The minimum atomic E-state index is -0.128. The molecule has 2 heterocycles. The molecule has 0 bridgehead atoms. The van der Waals surface area contributed by atoms with Crippen LogP contribution in [0.25, 0.3) is 5.69 Å². The number of tetrazole rings is 1. The van der Waals surface area contributed by atoms with Crippen molar-refractivity contribution in [2.45, 2.75) is 11.7 Å². The number of amides is 1. The Bertz CT molecular complexity index is 773. The number of aromatic nitrogens is 4. The Kier molecular flexibility index (Phi) is 4.94. The zero-order valence-corrected chi connectivity index (χ0v) is 13.4. The van der Waals surface area contributed by atoms with Crippen molar-refractivity contribution in [3.8, 4) is 5.69 Å². The van der Waals surface area contributed by atoms with Gasteiger partial charge in [-0.25, -0.2) is 0 Å². The summed E-state index contributed by atoms with van der Waals surface area (Å²) in [4.78, 5) is 11.9. The lowest BCUT2D eigenvalue weighted by atomic mass is 10.3. The summed E-state index contributed by atoms with van der Waals surface area (Å²) >= 11 is 7.12. The van der Waals surface area contributed by atoms with Gasteiger partial charge in [0.15, 0.2) is 0 Å². The summed E-state index contributed by atoms with van der Waals surface area (Å²) in [6, 6.07) is 10.7. The number of carbonyl (C=O) groups is 1. The molecule has 3 rings (SSSR count). The van der Waals surface area contributed by atoms with E-state index in [1.54, 1.807) is 47.3 Å². The average Bonchev–Trinajstić information content (AvgIpc) is 3.23. The fourth-order valence-electron chi connectivity index (χ4n) is 1.79. The van der Waals surface area contributed by atoms with Crippen molar-refractivity contribution >= 4 is 29.3 Å². The molecule has 0 aliphatic carbocycles. The van der Waals surface area contributed by atoms with Crippen LogP contribution in [0.1, 0.15) is 5.76 Å². The molecule has 2 aromatic heterocycles. The maximum atomic E-state index is 11.9. The van der Waals surface area contributed by atoms with Gasteiger partial charge in [0, 0.05) is 5.02 Å². The second-order valence-electron chi connectivity index (χ2n) is 4.49. The van der Waals surface area contributed by atoms with Gasteiger partial charge in [0.25, 0.3) is 0 Å². The number of benzene rings is 1. The van der Waals surface area contributed by atoms with Crippen LogP contribution in [0.4, 0.5) is 0 Å². The maximum Gasteiger partial charge on any atom is 0.230 e. The van der Waals surface area contributed by atoms with Gasteiger partial charge in [-0.3, -0.25) is 4.79 Å². The SMILES string of the molecule is O=C(CSc1nnnn1-c1ccc(Cl)cc1)NCc1ccco1. The van der Waals surface area contributed by atoms with E-state index in [-0.39, 0.29) is 11.7 Å². The van der Waals surface area contributed by atoms with Crippen LogP contribution >= 0.6 is 23.4 Å². The van der Waals surface area contributed by atoms with Crippen molar-refractivity contribution in [3.63, 3.8) is 0 Å². The average molecular weight is 350 g/mol. The Morgan fingerprint density at radius 3 is 2.87 bits per heavy atom. The summed E-state index contributed by atoms with van der Waals surface area (Å²) in [6.45, 7) is 0.356. The summed E-state index contributed by atoms with van der Waals surface area (Å²) in [7, 11) is 0. The van der Waals surface area contributed by atoms with Gasteiger partial charge in [-0.1, -0.05) is 23.4 Å². The Morgan fingerprint density at radius 1 is 1.30 bits per heavy atom. The third-order valence-corrected chi connectivity index (χ3v) is 4.06. The molecule has 0 fully saturated rings. The number of furan rings is 1. The standard InChI is InChI=1S/C14H12ClN5O2S/c15-10-3-5-11(6-4-10)20-14(17-18-19-20)23-9-13(21)16-8-12-2-1-7-22-12/h1-7H,8-9H2,(H,16,21). The van der Waals surface area contributed by atoms with Crippen molar-refractivity contribution in [1.82, 2.24) is 25.5 Å². The molecule has 1 amide bonds. The van der Waals surface area contributed by atoms with Gasteiger partial charge in [0.1, 0.15) is 5.76 Å². The number of nitrogens with one attached hydrogen (secondary N) is 1. The van der Waals surface area contributed by atoms with Crippen molar-refractivity contribution < 1.29 is 9.21 Å². The lowest BCUT2D eigenvalue weighted by Gasteiger charge is -2.05. The molecule has 0 atom stereocenters. The maximum absolute atomic E-state index is 11.9. The van der Waals surface area contributed by atoms with E-state index < -0.39 is 0 Å². The zero-order chi connectivity index (χ0) is 16.1. The highest BCUT2D eigenvalue weighted by atomic mass is 35.5. The fraction of sp³-hybridized carbons (Fsp3) is 0.143. The molecule has 0 saturated heterocycles. The predicted octanol–water partition coefficient (Wildman–Crippen LogP) is 2.32. The summed E-state index contributed by atoms with van der Waals surface area (Å²) in [5.74, 6) is 0.778. The summed E-state index contributed by atoms with van der Waals surface area (Å²) < 4.78 is 6.71. The fourth-order valence-corrected chi connectivity index (χ4v) is 2.64. The first-order valence-corrected chi connectivity index (χ1v) is 8.05. The summed E-state index contributed by atoms with van der Waals surface area (Å²) in [5.41, 5.74) is 0.776. The second kappa shape index (κ2) is 7.30. The number of hydrogen-bond donors (Lipinski definition) is 1. The number of rotatable bonds is 6. The van der Waals surface area contributed by atoms with Gasteiger partial charge < -0.3 is 9.73 Å². The van der Waals surface area contributed by atoms with Gasteiger partial charge in [-0.15, -0.1) is 5.10 Å². The van der Waals surface area contributed by atoms with Crippen molar-refractivity contribution in [2.24, 2.45) is 0 Å². The number of carbonyl (C=O) groups excluding carboxylic acids is 1. The topological polar surface area (TPSA) is 85.8 Å². The predicted molar refractivity (Wildman–Crippen MR) is 85.4 cm³/mol. The normalized spacial score (nSPS) is 10.7. The van der Waals surface area contributed by atoms with Gasteiger partial charge in [-0.05, 0) is 46.8 Å². The van der Waals surface area contributed by atoms with E-state index in [1.165, 1.54) is 11.8 Å². The molecular formula is C14H12ClN5O2S. The van der Waals surface area contributed by atoms with Crippen LogP contribution in [-0.4, -0.2) is 31.9 Å². The number of hydrogen-bond acceptors (Lipinski definition) is 6. The van der Waals surface area contributed by atoms with E-state index in [4.69, 9.17) is 16.0 Å². The Morgan fingerprint density at radius 2 is 2.13 bits per heavy atom. The van der Waals surface area contributed by atoms with Crippen molar-refractivity contribution in [1.29, 1.82) is 0 Å². The molecule has 0 aliphatic rings. The highest BCUT2D eigenvalue weighted by Gasteiger charge is 2.11. The first-order valence-electron chi connectivity index (χ1n) is 6.68. The van der Waals surface area contributed by atoms with Crippen LogP contribution in [0.2, 0.25) is 5.02 Å². The molecule has 0 spiro atoms. The molecule has 0 saturated carbocycles. The third-order valence-electron chi connectivity index (χ3n) is 2.88. The molecule has 1 N–H and O–H groups in total. The molecule has 118 valence electrons. The van der Waals surface area contributed by atoms with Gasteiger partial charge in [-0.2, -0.15) is 4.68 Å². The van der Waals surface area contributed by atoms with Crippen molar-refractivity contribution in [3.05, 3.63) is 53.4 Å². The smallest absolute Gasteiger partial charge is 0.230 e. The van der Waals surface area contributed by atoms with E-state index in [0.717, 1.165) is 5.69 Å². The van der Waals surface area contributed by atoms with Gasteiger partial charge >= 0.3 is 0 Å². The largest absolute Gasteiger partial charge is 0.467 e. The molecule has 1 aromatic carbocycles. The molecule has 3 aromatic rings. The third kappa shape index (κ3) is 4.11. The summed E-state index contributed by atoms with van der Waals surface area (Å²) in [5, 5.41) is 15.4. The number of halogens is 1. The Balaban J connectivity index is 1.57. The minimum Gasteiger partial charge on any atom is -0.467 e. The lowest BCUT2D eigenvalue weighted by molar-refractivity contribution is -0.118. The molecule has 9 heteroatoms. The molecular weight excluding hydrogens is 338 g/mol. The van der Waals surface area contributed by atoms with Crippen molar-refractivity contribution in [2.75, 3.05) is 5.75 Å². The van der Waals surface area contributed by atoms with E-state index in [2.05, 4.69) is 20.8 Å². The molecule has 0 aliphatic heterocycles. The van der Waals surface area contributed by atoms with Crippen LogP contribution in [0.15, 0.2) is 52.2 Å². The van der Waals surface area contributed by atoms with Crippen LogP contribution in [0, 0.1) is 0 Å². The van der Waals surface area contributed by atoms with Crippen LogP contribution in [0.3, 0.4) is 0 Å². The van der Waals surface area contributed by atoms with Crippen LogP contribution in [0.5, 0.6) is 0 Å². The minimum absolute atomic E-state index is 0.128. The molecule has 0 unspecified atom stereocenters. The second-order valence-corrected chi connectivity index (χ2v) is 5.87. The van der Waals surface area contributed by atoms with E-state index in [0.29, 0.717) is 22.5 Å². The first-order chi connectivity index (χ1) is 11.2.